The maximum Gasteiger partial charge on any atom is 0.231 e. The van der Waals surface area contributed by atoms with E-state index in [9.17, 15) is 0 Å². The number of nitrogens with zero attached hydrogens (tertiary/aromatic N) is 2. The highest BCUT2D eigenvalue weighted by Crippen LogP contribution is 2.23. The summed E-state index contributed by atoms with van der Waals surface area (Å²) in [7, 11) is -1.60. The number of hydrogen-bond donors (Lipinski definition) is 0. The van der Waals surface area contributed by atoms with Crippen molar-refractivity contribution in [3.63, 3.8) is 0 Å². The SMILES string of the molecule is C=C[Si](CCC)(N(CC)CC)N(CC)CC. The van der Waals surface area contributed by atoms with Crippen LogP contribution in [0, 0.1) is 0 Å². The molecule has 0 N–H and O–H groups in total. The van der Waals surface area contributed by atoms with E-state index >= 15 is 0 Å². The zero-order valence-electron chi connectivity index (χ0n) is 11.9. The van der Waals surface area contributed by atoms with Crippen LogP contribution in [0.2, 0.25) is 6.04 Å². The van der Waals surface area contributed by atoms with Crippen molar-refractivity contribution < 1.29 is 0 Å². The lowest BCUT2D eigenvalue weighted by Gasteiger charge is -2.46. The second-order valence-corrected chi connectivity index (χ2v) is 8.11. The van der Waals surface area contributed by atoms with Gasteiger partial charge in [-0.15, -0.1) is 6.58 Å². The second-order valence-electron chi connectivity index (χ2n) is 4.18. The van der Waals surface area contributed by atoms with Gasteiger partial charge < -0.3 is 9.13 Å². The fourth-order valence-corrected chi connectivity index (χ4v) is 7.47. The Hall–Kier alpha value is -0.123. The Kier molecular flexibility index (Phi) is 7.98. The van der Waals surface area contributed by atoms with Crippen LogP contribution in [0.15, 0.2) is 12.3 Å². The fraction of sp³-hybridized carbons (Fsp3) is 0.846. The van der Waals surface area contributed by atoms with Crippen LogP contribution in [0.1, 0.15) is 41.0 Å². The third-order valence-corrected chi connectivity index (χ3v) is 8.91. The smallest absolute Gasteiger partial charge is 0.231 e. The molecule has 0 amide bonds. The predicted octanol–water partition coefficient (Wildman–Crippen LogP) is 3.25. The molecule has 0 aliphatic carbocycles. The predicted molar refractivity (Wildman–Crippen MR) is 76.9 cm³/mol. The molecule has 0 atom stereocenters. The summed E-state index contributed by atoms with van der Waals surface area (Å²) in [6.45, 7) is 20.1. The second kappa shape index (κ2) is 8.04. The summed E-state index contributed by atoms with van der Waals surface area (Å²) in [4.78, 5) is 0. The van der Waals surface area contributed by atoms with Crippen molar-refractivity contribution in [3.05, 3.63) is 12.3 Å². The van der Waals surface area contributed by atoms with Crippen LogP contribution in [0.3, 0.4) is 0 Å². The molecule has 0 fully saturated rings. The van der Waals surface area contributed by atoms with Crippen molar-refractivity contribution in [2.45, 2.75) is 47.1 Å². The third kappa shape index (κ3) is 3.19. The van der Waals surface area contributed by atoms with Gasteiger partial charge in [0.2, 0.25) is 8.40 Å². The minimum absolute atomic E-state index is 1.14. The van der Waals surface area contributed by atoms with E-state index in [1.165, 1.54) is 12.5 Å². The van der Waals surface area contributed by atoms with Crippen molar-refractivity contribution in [2.24, 2.45) is 0 Å². The topological polar surface area (TPSA) is 6.48 Å². The average molecular weight is 242 g/mol. The molecule has 3 heteroatoms. The molecule has 0 unspecified atom stereocenters. The first-order valence-corrected chi connectivity index (χ1v) is 8.98. The van der Waals surface area contributed by atoms with Crippen LogP contribution in [0.25, 0.3) is 0 Å². The lowest BCUT2D eigenvalue weighted by Crippen LogP contribution is -2.64. The first-order valence-electron chi connectivity index (χ1n) is 6.80. The highest BCUT2D eigenvalue weighted by atomic mass is 28.3. The van der Waals surface area contributed by atoms with E-state index in [0.717, 1.165) is 26.2 Å². The first-order chi connectivity index (χ1) is 7.66. The lowest BCUT2D eigenvalue weighted by molar-refractivity contribution is 0.358. The van der Waals surface area contributed by atoms with Crippen molar-refractivity contribution in [3.8, 4) is 0 Å². The molecule has 0 heterocycles. The molecule has 0 aromatic carbocycles. The van der Waals surface area contributed by atoms with E-state index in [4.69, 9.17) is 0 Å². The van der Waals surface area contributed by atoms with E-state index < -0.39 is 8.40 Å². The summed E-state index contributed by atoms with van der Waals surface area (Å²) in [5, 5.41) is 0. The summed E-state index contributed by atoms with van der Waals surface area (Å²) < 4.78 is 5.33. The lowest BCUT2D eigenvalue weighted by atomic mass is 10.6. The zero-order valence-corrected chi connectivity index (χ0v) is 12.9. The van der Waals surface area contributed by atoms with Crippen molar-refractivity contribution >= 4 is 8.40 Å². The van der Waals surface area contributed by atoms with E-state index in [0.29, 0.717) is 0 Å². The van der Waals surface area contributed by atoms with Gasteiger partial charge >= 0.3 is 0 Å². The highest BCUT2D eigenvalue weighted by Gasteiger charge is 2.39. The Bertz CT molecular complexity index is 174. The number of hydrogen-bond acceptors (Lipinski definition) is 2. The normalized spacial score (nSPS) is 12.4. The molecule has 0 aromatic heterocycles. The molecule has 0 aliphatic heterocycles. The van der Waals surface area contributed by atoms with Crippen molar-refractivity contribution in [2.75, 3.05) is 26.2 Å². The van der Waals surface area contributed by atoms with Gasteiger partial charge in [-0.05, 0) is 32.2 Å². The molecule has 0 spiro atoms. The first kappa shape index (κ1) is 15.9. The summed E-state index contributed by atoms with van der Waals surface area (Å²) in [5.41, 5.74) is 2.29. The van der Waals surface area contributed by atoms with E-state index in [-0.39, 0.29) is 0 Å². The monoisotopic (exact) mass is 242 g/mol. The Balaban J connectivity index is 5.16. The molecule has 0 rings (SSSR count). The average Bonchev–Trinajstić information content (AvgIpc) is 2.31. The van der Waals surface area contributed by atoms with Gasteiger partial charge in [-0.3, -0.25) is 0 Å². The maximum atomic E-state index is 4.16. The molecule has 16 heavy (non-hydrogen) atoms. The molecular formula is C13H30N2Si. The van der Waals surface area contributed by atoms with Crippen LogP contribution < -0.4 is 0 Å². The van der Waals surface area contributed by atoms with Gasteiger partial charge in [-0.1, -0.05) is 46.7 Å². The van der Waals surface area contributed by atoms with E-state index in [1.54, 1.807) is 0 Å². The summed E-state index contributed by atoms with van der Waals surface area (Å²) in [5.74, 6) is 0. The highest BCUT2D eigenvalue weighted by molar-refractivity contribution is 6.79. The minimum atomic E-state index is -1.60. The fourth-order valence-electron chi connectivity index (χ4n) is 2.79. The minimum Gasteiger partial charge on any atom is -0.309 e. The molecule has 0 radical (unpaired) electrons. The summed E-state index contributed by atoms with van der Waals surface area (Å²) in [6.07, 6.45) is 1.26. The van der Waals surface area contributed by atoms with Crippen LogP contribution in [-0.2, 0) is 0 Å². The molecular weight excluding hydrogens is 212 g/mol. The Labute approximate surface area is 103 Å². The van der Waals surface area contributed by atoms with Gasteiger partial charge in [0, 0.05) is 0 Å². The van der Waals surface area contributed by atoms with Gasteiger partial charge in [-0.2, -0.15) is 0 Å². The van der Waals surface area contributed by atoms with Gasteiger partial charge in [0.1, 0.15) is 0 Å². The van der Waals surface area contributed by atoms with E-state index in [1.807, 2.05) is 0 Å². The van der Waals surface area contributed by atoms with Gasteiger partial charge in [0.05, 0.1) is 0 Å². The standard InChI is InChI=1S/C13H30N2Si/c1-7-13-16(12-6,14(8-2)9-3)15(10-4)11-5/h12H,6-11,13H2,1-5H3. The van der Waals surface area contributed by atoms with Crippen LogP contribution >= 0.6 is 0 Å². The molecule has 0 saturated heterocycles. The Morgan fingerprint density at radius 2 is 1.25 bits per heavy atom. The summed E-state index contributed by atoms with van der Waals surface area (Å²) >= 11 is 0. The van der Waals surface area contributed by atoms with Gasteiger partial charge in [0.25, 0.3) is 0 Å². The maximum absolute atomic E-state index is 4.16. The van der Waals surface area contributed by atoms with Gasteiger partial charge in [-0.25, -0.2) is 0 Å². The molecule has 96 valence electrons. The zero-order chi connectivity index (χ0) is 12.6. The molecule has 0 bridgehead atoms. The van der Waals surface area contributed by atoms with Crippen LogP contribution in [-0.4, -0.2) is 43.7 Å². The van der Waals surface area contributed by atoms with Crippen LogP contribution in [0.4, 0.5) is 0 Å². The summed E-state index contributed by atoms with van der Waals surface area (Å²) in [6, 6.07) is 1.31. The van der Waals surface area contributed by atoms with E-state index in [2.05, 4.69) is 56.0 Å². The van der Waals surface area contributed by atoms with Crippen molar-refractivity contribution in [1.29, 1.82) is 0 Å². The third-order valence-electron chi connectivity index (χ3n) is 3.57. The Morgan fingerprint density at radius 3 is 1.44 bits per heavy atom. The molecule has 0 aliphatic rings. The van der Waals surface area contributed by atoms with Gasteiger partial charge in [0.15, 0.2) is 0 Å². The van der Waals surface area contributed by atoms with Crippen LogP contribution in [0.5, 0.6) is 0 Å². The molecule has 0 saturated carbocycles. The quantitative estimate of drug-likeness (QED) is 0.573. The molecule has 2 nitrogen and oxygen atoms in total. The molecule has 0 aromatic rings. The van der Waals surface area contributed by atoms with Crippen molar-refractivity contribution in [1.82, 2.24) is 9.13 Å². The largest absolute Gasteiger partial charge is 0.309 e. The number of rotatable bonds is 9. The Morgan fingerprint density at radius 1 is 0.875 bits per heavy atom.